The summed E-state index contributed by atoms with van der Waals surface area (Å²) in [5.74, 6) is -2.00. The van der Waals surface area contributed by atoms with Gasteiger partial charge in [-0.1, -0.05) is 19.9 Å². The van der Waals surface area contributed by atoms with Gasteiger partial charge in [-0.25, -0.2) is 0 Å². The predicted molar refractivity (Wildman–Crippen MR) is 123 cm³/mol. The number of aliphatic hydroxyl groups is 6. The van der Waals surface area contributed by atoms with Gasteiger partial charge < -0.3 is 40.1 Å². The number of carbonyl (C=O) groups excluding carboxylic acids is 2. The van der Waals surface area contributed by atoms with Crippen LogP contribution in [-0.2, 0) is 19.1 Å². The molecule has 5 rings (SSSR count). The van der Waals surface area contributed by atoms with E-state index < -0.39 is 83.6 Å². The molecule has 10 unspecified atom stereocenters. The molecule has 0 amide bonds. The molecule has 6 N–H and O–H groups in total. The minimum atomic E-state index is -1.73. The molecule has 5 fully saturated rings. The summed E-state index contributed by atoms with van der Waals surface area (Å²) in [6.07, 6.45) is -6.93. The van der Waals surface area contributed by atoms with Crippen molar-refractivity contribution in [2.45, 2.75) is 95.3 Å². The molecule has 1 heterocycles. The van der Waals surface area contributed by atoms with E-state index in [0.717, 1.165) is 0 Å². The lowest BCUT2D eigenvalue weighted by molar-refractivity contribution is -0.300. The van der Waals surface area contributed by atoms with Crippen molar-refractivity contribution in [2.75, 3.05) is 6.61 Å². The van der Waals surface area contributed by atoms with Crippen LogP contribution in [0, 0.1) is 34.0 Å². The Hall–Kier alpha value is -1.40. The van der Waals surface area contributed by atoms with Crippen LogP contribution in [0.3, 0.4) is 0 Å². The summed E-state index contributed by atoms with van der Waals surface area (Å²) in [5.41, 5.74) is -2.36. The number of Topliss-reactive ketones (excluding diaryl/α,β-unsaturated/α-hetero) is 1. The molecule has 0 aromatic heterocycles. The molecule has 36 heavy (non-hydrogen) atoms. The van der Waals surface area contributed by atoms with Gasteiger partial charge in [-0.15, -0.1) is 0 Å². The second kappa shape index (κ2) is 8.56. The predicted octanol–water partition coefficient (Wildman–Crippen LogP) is -0.581. The van der Waals surface area contributed by atoms with Gasteiger partial charge in [0, 0.05) is 17.3 Å². The highest BCUT2D eigenvalue weighted by atomic mass is 16.7. The molecule has 1 aliphatic heterocycles. The van der Waals surface area contributed by atoms with Crippen molar-refractivity contribution in [3.8, 4) is 0 Å². The number of hydrogen-bond acceptors (Lipinski definition) is 10. The smallest absolute Gasteiger partial charge is 0.314 e. The van der Waals surface area contributed by atoms with E-state index in [1.54, 1.807) is 6.92 Å². The van der Waals surface area contributed by atoms with Gasteiger partial charge >= 0.3 is 5.97 Å². The van der Waals surface area contributed by atoms with E-state index in [2.05, 4.69) is 6.58 Å². The summed E-state index contributed by atoms with van der Waals surface area (Å²) in [6.45, 7) is 6.98. The third-order valence-electron chi connectivity index (χ3n) is 10.4. The number of aliphatic hydroxyl groups excluding tert-OH is 6. The number of ether oxygens (including phenoxy) is 2. The van der Waals surface area contributed by atoms with Crippen LogP contribution in [0.2, 0.25) is 0 Å². The lowest BCUT2D eigenvalue weighted by Gasteiger charge is -2.65. The lowest BCUT2D eigenvalue weighted by Crippen LogP contribution is -2.67. The van der Waals surface area contributed by atoms with Crippen LogP contribution in [0.15, 0.2) is 12.2 Å². The molecule has 0 aromatic carbocycles. The van der Waals surface area contributed by atoms with Gasteiger partial charge in [-0.3, -0.25) is 9.59 Å². The third-order valence-corrected chi connectivity index (χ3v) is 10.4. The van der Waals surface area contributed by atoms with Crippen molar-refractivity contribution in [3.63, 3.8) is 0 Å². The van der Waals surface area contributed by atoms with Gasteiger partial charge in [-0.05, 0) is 55.9 Å². The second-order valence-electron chi connectivity index (χ2n) is 12.3. The van der Waals surface area contributed by atoms with E-state index in [1.165, 1.54) is 0 Å². The second-order valence-corrected chi connectivity index (χ2v) is 12.3. The maximum Gasteiger partial charge on any atom is 0.314 e. The highest BCUT2D eigenvalue weighted by Gasteiger charge is 2.72. The Balaban J connectivity index is 1.47. The number of ketones is 1. The molecule has 4 saturated carbocycles. The molecule has 202 valence electrons. The van der Waals surface area contributed by atoms with Gasteiger partial charge in [-0.2, -0.15) is 0 Å². The summed E-state index contributed by atoms with van der Waals surface area (Å²) in [6, 6.07) is 0. The number of esters is 1. The van der Waals surface area contributed by atoms with Crippen LogP contribution < -0.4 is 0 Å². The van der Waals surface area contributed by atoms with E-state index in [4.69, 9.17) is 9.47 Å². The summed E-state index contributed by atoms with van der Waals surface area (Å²) >= 11 is 0. The fraction of sp³-hybridized carbons (Fsp3) is 0.846. The van der Waals surface area contributed by atoms with Gasteiger partial charge in [0.05, 0.1) is 24.2 Å². The van der Waals surface area contributed by atoms with E-state index in [1.807, 2.05) is 6.92 Å². The van der Waals surface area contributed by atoms with Gasteiger partial charge in [0.1, 0.15) is 24.4 Å². The number of allylic oxidation sites excluding steroid dienone is 1. The monoisotopic (exact) mass is 510 g/mol. The fourth-order valence-corrected chi connectivity index (χ4v) is 9.04. The van der Waals surface area contributed by atoms with Crippen LogP contribution in [0.5, 0.6) is 0 Å². The highest BCUT2D eigenvalue weighted by molar-refractivity contribution is 6.03. The van der Waals surface area contributed by atoms with Crippen molar-refractivity contribution >= 4 is 11.8 Å². The summed E-state index contributed by atoms with van der Waals surface area (Å²) in [7, 11) is 0. The molecule has 0 aromatic rings. The molecule has 13 atom stereocenters. The number of hydrogen-bond donors (Lipinski definition) is 6. The Kier molecular flexibility index (Phi) is 6.23. The summed E-state index contributed by atoms with van der Waals surface area (Å²) in [4.78, 5) is 27.1. The standard InChI is InChI=1S/C26H38O10/c1-11-12-7-13(28)20-24(2)5-4-6-25(3,19(24)14(29)9-26(20,8-12)21(11)33)23(34)36-22-18(32)17(31)16(30)15(10-27)35-22/h12-20,22,27-32H,1,4-10H2,2-3H3/t12?,13?,14?,15?,16?,17?,18?,19?,20?,22?,24-,25-,26+/m1/s1. The highest BCUT2D eigenvalue weighted by Crippen LogP contribution is 2.71. The number of carbonyl (C=O) groups is 2. The average Bonchev–Trinajstić information content (AvgIpc) is 2.99. The maximum atomic E-state index is 13.7. The summed E-state index contributed by atoms with van der Waals surface area (Å²) < 4.78 is 10.9. The van der Waals surface area contributed by atoms with E-state index in [0.29, 0.717) is 37.7 Å². The zero-order chi connectivity index (χ0) is 26.4. The minimum Gasteiger partial charge on any atom is -0.432 e. The molecule has 5 aliphatic rings. The molecule has 10 heteroatoms. The average molecular weight is 511 g/mol. The Labute approximate surface area is 209 Å². The Morgan fingerprint density at radius 3 is 2.39 bits per heavy atom. The van der Waals surface area contributed by atoms with Crippen LogP contribution in [0.1, 0.15) is 52.4 Å². The Morgan fingerprint density at radius 2 is 1.72 bits per heavy atom. The first-order valence-corrected chi connectivity index (χ1v) is 12.9. The fourth-order valence-electron chi connectivity index (χ4n) is 9.04. The zero-order valence-corrected chi connectivity index (χ0v) is 20.7. The lowest BCUT2D eigenvalue weighted by atomic mass is 9.39. The first-order valence-electron chi connectivity index (χ1n) is 12.9. The molecule has 2 bridgehead atoms. The minimum absolute atomic E-state index is 0.0797. The quantitative estimate of drug-likeness (QED) is 0.213. The molecular weight excluding hydrogens is 472 g/mol. The van der Waals surface area contributed by atoms with E-state index in [-0.39, 0.29) is 18.1 Å². The van der Waals surface area contributed by atoms with E-state index >= 15 is 0 Å². The van der Waals surface area contributed by atoms with Crippen LogP contribution in [-0.4, -0.2) is 91.9 Å². The van der Waals surface area contributed by atoms with Crippen LogP contribution in [0.4, 0.5) is 0 Å². The van der Waals surface area contributed by atoms with Crippen LogP contribution in [0.25, 0.3) is 0 Å². The maximum absolute atomic E-state index is 13.7. The number of rotatable bonds is 3. The third kappa shape index (κ3) is 3.35. The zero-order valence-electron chi connectivity index (χ0n) is 20.7. The molecule has 1 saturated heterocycles. The van der Waals surface area contributed by atoms with Crippen molar-refractivity contribution in [1.82, 2.24) is 0 Å². The topological polar surface area (TPSA) is 174 Å². The SMILES string of the molecule is C=C1C(=O)[C@]23CC1CC(O)C2[C@]1(C)CCC[C@@](C)(C(=O)OC2OC(CO)C(O)C(O)C2O)C1C(O)C3. The molecule has 10 nitrogen and oxygen atoms in total. The first-order chi connectivity index (χ1) is 16.8. The normalized spacial score (nSPS) is 54.6. The van der Waals surface area contributed by atoms with Gasteiger partial charge in [0.15, 0.2) is 5.78 Å². The number of fused-ring (bicyclic) bond motifs is 3. The molecule has 0 radical (unpaired) electrons. The molecule has 1 spiro atoms. The molecule has 4 aliphatic carbocycles. The van der Waals surface area contributed by atoms with Crippen molar-refractivity contribution in [2.24, 2.45) is 34.0 Å². The van der Waals surface area contributed by atoms with E-state index in [9.17, 15) is 40.2 Å². The van der Waals surface area contributed by atoms with Crippen molar-refractivity contribution < 1.29 is 49.7 Å². The summed E-state index contributed by atoms with van der Waals surface area (Å²) in [5, 5.41) is 62.8. The van der Waals surface area contributed by atoms with Gasteiger partial charge in [0.2, 0.25) is 6.29 Å². The van der Waals surface area contributed by atoms with Crippen LogP contribution >= 0.6 is 0 Å². The van der Waals surface area contributed by atoms with Crippen molar-refractivity contribution in [1.29, 1.82) is 0 Å². The van der Waals surface area contributed by atoms with Crippen molar-refractivity contribution in [3.05, 3.63) is 12.2 Å². The Morgan fingerprint density at radius 1 is 1.03 bits per heavy atom. The van der Waals surface area contributed by atoms with Gasteiger partial charge in [0.25, 0.3) is 0 Å². The Bertz CT molecular complexity index is 951. The largest absolute Gasteiger partial charge is 0.432 e. The molecular formula is C26H38O10. The first kappa shape index (κ1) is 26.2.